The minimum atomic E-state index is 0.00527. The van der Waals surface area contributed by atoms with Gasteiger partial charge in [0, 0.05) is 19.5 Å². The van der Waals surface area contributed by atoms with Crippen molar-refractivity contribution < 1.29 is 9.53 Å². The van der Waals surface area contributed by atoms with E-state index >= 15 is 0 Å². The van der Waals surface area contributed by atoms with Gasteiger partial charge in [-0.1, -0.05) is 24.3 Å². The van der Waals surface area contributed by atoms with Crippen molar-refractivity contribution in [2.24, 2.45) is 0 Å². The van der Waals surface area contributed by atoms with Gasteiger partial charge in [0.15, 0.2) is 0 Å². The standard InChI is InChI=1S/C17H24N2O2/c20-17(7-11-19-9-3-4-10-19)18-13-16-15-6-2-1-5-14(15)8-12-21-16/h1-2,5-6,16H,3-4,7-13H2,(H,18,20)/t16-/m0/s1. The number of fused-ring (bicyclic) bond motifs is 1. The van der Waals surface area contributed by atoms with Gasteiger partial charge in [-0.05, 0) is 43.5 Å². The molecule has 1 N–H and O–H groups in total. The third kappa shape index (κ3) is 3.83. The molecule has 114 valence electrons. The van der Waals surface area contributed by atoms with Gasteiger partial charge in [0.2, 0.25) is 5.91 Å². The summed E-state index contributed by atoms with van der Waals surface area (Å²) in [6, 6.07) is 8.36. The second-order valence-electron chi connectivity index (χ2n) is 5.91. The highest BCUT2D eigenvalue weighted by molar-refractivity contribution is 5.76. The van der Waals surface area contributed by atoms with E-state index in [4.69, 9.17) is 4.74 Å². The second kappa shape index (κ2) is 7.05. The number of hydrogen-bond acceptors (Lipinski definition) is 3. The summed E-state index contributed by atoms with van der Waals surface area (Å²) in [6.07, 6.45) is 4.11. The Labute approximate surface area is 126 Å². The highest BCUT2D eigenvalue weighted by Gasteiger charge is 2.21. The molecule has 4 heteroatoms. The first-order valence-electron chi connectivity index (χ1n) is 8.01. The monoisotopic (exact) mass is 288 g/mol. The van der Waals surface area contributed by atoms with Gasteiger partial charge < -0.3 is 15.0 Å². The summed E-state index contributed by atoms with van der Waals surface area (Å²) in [6.45, 7) is 4.49. The van der Waals surface area contributed by atoms with Crippen molar-refractivity contribution in [3.05, 3.63) is 35.4 Å². The lowest BCUT2D eigenvalue weighted by atomic mass is 9.97. The van der Waals surface area contributed by atoms with Crippen molar-refractivity contribution in [1.82, 2.24) is 10.2 Å². The van der Waals surface area contributed by atoms with E-state index in [9.17, 15) is 4.79 Å². The first-order valence-corrected chi connectivity index (χ1v) is 8.01. The molecule has 1 fully saturated rings. The number of carbonyl (C=O) groups excluding carboxylic acids is 1. The van der Waals surface area contributed by atoms with E-state index in [2.05, 4.69) is 28.4 Å². The molecule has 1 aromatic carbocycles. The molecule has 1 aromatic rings. The molecule has 1 atom stereocenters. The number of carbonyl (C=O) groups is 1. The van der Waals surface area contributed by atoms with Crippen molar-refractivity contribution in [2.45, 2.75) is 31.8 Å². The average Bonchev–Trinajstić information content (AvgIpc) is 3.04. The molecule has 0 aromatic heterocycles. The van der Waals surface area contributed by atoms with Gasteiger partial charge in [0.1, 0.15) is 6.10 Å². The average molecular weight is 288 g/mol. The molecule has 4 nitrogen and oxygen atoms in total. The third-order valence-corrected chi connectivity index (χ3v) is 4.43. The van der Waals surface area contributed by atoms with Crippen LogP contribution in [0.15, 0.2) is 24.3 Å². The zero-order chi connectivity index (χ0) is 14.5. The highest BCUT2D eigenvalue weighted by atomic mass is 16.5. The fraction of sp³-hybridized carbons (Fsp3) is 0.588. The van der Waals surface area contributed by atoms with E-state index in [0.717, 1.165) is 32.7 Å². The van der Waals surface area contributed by atoms with E-state index in [1.807, 2.05) is 6.07 Å². The van der Waals surface area contributed by atoms with Crippen LogP contribution in [0.3, 0.4) is 0 Å². The van der Waals surface area contributed by atoms with E-state index in [1.54, 1.807) is 0 Å². The minimum absolute atomic E-state index is 0.00527. The van der Waals surface area contributed by atoms with Gasteiger partial charge in [-0.3, -0.25) is 4.79 Å². The molecular formula is C17H24N2O2. The fourth-order valence-corrected chi connectivity index (χ4v) is 3.21. The Balaban J connectivity index is 1.45. The predicted molar refractivity (Wildman–Crippen MR) is 82.1 cm³/mol. The number of nitrogens with one attached hydrogen (secondary N) is 1. The number of ether oxygens (including phenoxy) is 1. The lowest BCUT2D eigenvalue weighted by Crippen LogP contribution is -2.34. The molecular weight excluding hydrogens is 264 g/mol. The van der Waals surface area contributed by atoms with Crippen LogP contribution in [0.25, 0.3) is 0 Å². The van der Waals surface area contributed by atoms with Crippen LogP contribution in [0.1, 0.15) is 36.5 Å². The molecule has 1 saturated heterocycles. The molecule has 0 saturated carbocycles. The van der Waals surface area contributed by atoms with Gasteiger partial charge in [0.25, 0.3) is 0 Å². The van der Waals surface area contributed by atoms with Crippen LogP contribution in [0.5, 0.6) is 0 Å². The highest BCUT2D eigenvalue weighted by Crippen LogP contribution is 2.26. The molecule has 2 heterocycles. The zero-order valence-corrected chi connectivity index (χ0v) is 12.5. The number of amides is 1. The van der Waals surface area contributed by atoms with Gasteiger partial charge >= 0.3 is 0 Å². The smallest absolute Gasteiger partial charge is 0.221 e. The molecule has 3 rings (SSSR count). The maximum atomic E-state index is 12.0. The maximum absolute atomic E-state index is 12.0. The van der Waals surface area contributed by atoms with Crippen molar-refractivity contribution >= 4 is 5.91 Å². The molecule has 2 aliphatic heterocycles. The predicted octanol–water partition coefficient (Wildman–Crippen LogP) is 1.90. The summed E-state index contributed by atoms with van der Waals surface area (Å²) >= 11 is 0. The van der Waals surface area contributed by atoms with Crippen molar-refractivity contribution in [3.63, 3.8) is 0 Å². The van der Waals surface area contributed by atoms with Gasteiger partial charge in [-0.25, -0.2) is 0 Å². The SMILES string of the molecule is O=C(CCN1CCCC1)NC[C@@H]1OCCc2ccccc21. The first kappa shape index (κ1) is 14.5. The Morgan fingerprint density at radius 1 is 1.29 bits per heavy atom. The van der Waals surface area contributed by atoms with Crippen molar-refractivity contribution in [3.8, 4) is 0 Å². The van der Waals surface area contributed by atoms with Crippen LogP contribution < -0.4 is 5.32 Å². The van der Waals surface area contributed by atoms with Crippen LogP contribution in [0.2, 0.25) is 0 Å². The summed E-state index contributed by atoms with van der Waals surface area (Å²) in [4.78, 5) is 14.3. The van der Waals surface area contributed by atoms with Gasteiger partial charge in [-0.15, -0.1) is 0 Å². The lowest BCUT2D eigenvalue weighted by molar-refractivity contribution is -0.122. The largest absolute Gasteiger partial charge is 0.371 e. The topological polar surface area (TPSA) is 41.6 Å². The van der Waals surface area contributed by atoms with Crippen LogP contribution in [-0.4, -0.2) is 43.6 Å². The zero-order valence-electron chi connectivity index (χ0n) is 12.5. The van der Waals surface area contributed by atoms with Crippen LogP contribution in [0, 0.1) is 0 Å². The minimum Gasteiger partial charge on any atom is -0.371 e. The van der Waals surface area contributed by atoms with Crippen LogP contribution in [-0.2, 0) is 16.0 Å². The lowest BCUT2D eigenvalue weighted by Gasteiger charge is -2.26. The fourth-order valence-electron chi connectivity index (χ4n) is 3.21. The third-order valence-electron chi connectivity index (χ3n) is 4.43. The van der Waals surface area contributed by atoms with Crippen LogP contribution >= 0.6 is 0 Å². The molecule has 0 bridgehead atoms. The molecule has 0 unspecified atom stereocenters. The Hall–Kier alpha value is -1.39. The molecule has 1 amide bonds. The summed E-state index contributed by atoms with van der Waals surface area (Å²) in [5.41, 5.74) is 2.57. The summed E-state index contributed by atoms with van der Waals surface area (Å²) in [5, 5.41) is 3.03. The molecule has 0 aliphatic carbocycles. The number of nitrogens with zero attached hydrogens (tertiary/aromatic N) is 1. The first-order chi connectivity index (χ1) is 10.3. The van der Waals surface area contributed by atoms with Crippen molar-refractivity contribution in [2.75, 3.05) is 32.8 Å². The number of hydrogen-bond donors (Lipinski definition) is 1. The summed E-state index contributed by atoms with van der Waals surface area (Å²) < 4.78 is 5.81. The molecule has 21 heavy (non-hydrogen) atoms. The van der Waals surface area contributed by atoms with E-state index in [1.165, 1.54) is 24.0 Å². The number of benzene rings is 1. The summed E-state index contributed by atoms with van der Waals surface area (Å²) in [5.74, 6) is 0.133. The van der Waals surface area contributed by atoms with Gasteiger partial charge in [-0.2, -0.15) is 0 Å². The molecule has 2 aliphatic rings. The number of rotatable bonds is 5. The number of likely N-dealkylation sites (tertiary alicyclic amines) is 1. The Morgan fingerprint density at radius 2 is 2.10 bits per heavy atom. The normalized spacial score (nSPS) is 22.0. The maximum Gasteiger partial charge on any atom is 0.221 e. The quantitative estimate of drug-likeness (QED) is 0.900. The molecule has 0 radical (unpaired) electrons. The Morgan fingerprint density at radius 3 is 2.95 bits per heavy atom. The van der Waals surface area contributed by atoms with E-state index < -0.39 is 0 Å². The second-order valence-corrected chi connectivity index (χ2v) is 5.91. The van der Waals surface area contributed by atoms with Crippen LogP contribution in [0.4, 0.5) is 0 Å². The Bertz CT molecular complexity index is 483. The Kier molecular flexibility index (Phi) is 4.88. The van der Waals surface area contributed by atoms with Gasteiger partial charge in [0.05, 0.1) is 6.61 Å². The van der Waals surface area contributed by atoms with E-state index in [-0.39, 0.29) is 12.0 Å². The molecule has 0 spiro atoms. The van der Waals surface area contributed by atoms with E-state index in [0.29, 0.717) is 13.0 Å². The summed E-state index contributed by atoms with van der Waals surface area (Å²) in [7, 11) is 0. The van der Waals surface area contributed by atoms with Crippen molar-refractivity contribution in [1.29, 1.82) is 0 Å².